The second-order valence-corrected chi connectivity index (χ2v) is 3.42. The third-order valence-corrected chi connectivity index (χ3v) is 1.54. The summed E-state index contributed by atoms with van der Waals surface area (Å²) in [5, 5.41) is 1.45. The minimum Gasteiger partial charge on any atom is -0.440 e. The third-order valence-electron chi connectivity index (χ3n) is 1.54. The molecule has 0 aliphatic rings. The maximum absolute atomic E-state index is 11.7. The first kappa shape index (κ1) is 17.3. The lowest BCUT2D eigenvalue weighted by Crippen LogP contribution is -2.42. The molecule has 112 valence electrons. The standard InChI is InChI=1S/C8H10F6N2O3/c1-16(6(18)19-4-8(12,13)14)2-5(17)15-3-7(9,10)11/h2-4H2,1H3,(H,15,17). The van der Waals surface area contributed by atoms with Crippen molar-refractivity contribution in [3.8, 4) is 0 Å². The molecule has 0 aliphatic heterocycles. The Morgan fingerprint density at radius 2 is 1.63 bits per heavy atom. The van der Waals surface area contributed by atoms with E-state index in [0.29, 0.717) is 4.90 Å². The van der Waals surface area contributed by atoms with Crippen LogP contribution in [0, 0.1) is 0 Å². The van der Waals surface area contributed by atoms with Crippen molar-refractivity contribution in [2.24, 2.45) is 0 Å². The summed E-state index contributed by atoms with van der Waals surface area (Å²) in [6.07, 6.45) is -10.8. The summed E-state index contributed by atoms with van der Waals surface area (Å²) >= 11 is 0. The van der Waals surface area contributed by atoms with E-state index in [-0.39, 0.29) is 0 Å². The summed E-state index contributed by atoms with van der Waals surface area (Å²) in [5.41, 5.74) is 0. The quantitative estimate of drug-likeness (QED) is 0.795. The number of hydrogen-bond acceptors (Lipinski definition) is 3. The fourth-order valence-corrected chi connectivity index (χ4v) is 0.788. The van der Waals surface area contributed by atoms with E-state index in [1.807, 2.05) is 0 Å². The van der Waals surface area contributed by atoms with Gasteiger partial charge in [-0.1, -0.05) is 0 Å². The predicted octanol–water partition coefficient (Wildman–Crippen LogP) is 1.30. The minimum atomic E-state index is -4.73. The lowest BCUT2D eigenvalue weighted by Gasteiger charge is -2.17. The van der Waals surface area contributed by atoms with Crippen LogP contribution in [0.25, 0.3) is 0 Å². The highest BCUT2D eigenvalue weighted by atomic mass is 19.4. The molecule has 0 saturated heterocycles. The van der Waals surface area contributed by atoms with Gasteiger partial charge in [-0.05, 0) is 0 Å². The average Bonchev–Trinajstić information content (AvgIpc) is 2.21. The highest BCUT2D eigenvalue weighted by Gasteiger charge is 2.31. The van der Waals surface area contributed by atoms with Gasteiger partial charge in [0.1, 0.15) is 13.1 Å². The van der Waals surface area contributed by atoms with Crippen molar-refractivity contribution in [2.45, 2.75) is 12.4 Å². The summed E-state index contributed by atoms with van der Waals surface area (Å²) in [6, 6.07) is 0. The second kappa shape index (κ2) is 6.48. The second-order valence-electron chi connectivity index (χ2n) is 3.42. The molecular weight excluding hydrogens is 286 g/mol. The van der Waals surface area contributed by atoms with Crippen LogP contribution >= 0.6 is 0 Å². The number of carbonyl (C=O) groups is 2. The number of rotatable bonds is 4. The van der Waals surface area contributed by atoms with Gasteiger partial charge in [-0.15, -0.1) is 0 Å². The van der Waals surface area contributed by atoms with E-state index < -0.39 is 44.0 Å². The Hall–Kier alpha value is -1.68. The molecule has 0 bridgehead atoms. The molecule has 0 aromatic heterocycles. The lowest BCUT2D eigenvalue weighted by atomic mass is 10.5. The summed E-state index contributed by atoms with van der Waals surface area (Å²) in [5.74, 6) is -1.18. The van der Waals surface area contributed by atoms with Gasteiger partial charge in [0.05, 0.1) is 0 Å². The van der Waals surface area contributed by atoms with Crippen molar-refractivity contribution in [1.29, 1.82) is 0 Å². The van der Waals surface area contributed by atoms with E-state index >= 15 is 0 Å². The molecule has 0 fully saturated rings. The molecule has 5 nitrogen and oxygen atoms in total. The Balaban J connectivity index is 4.05. The molecule has 0 radical (unpaired) electrons. The molecule has 2 amide bonds. The zero-order chi connectivity index (χ0) is 15.3. The molecule has 0 spiro atoms. The molecule has 0 aromatic carbocycles. The monoisotopic (exact) mass is 296 g/mol. The van der Waals surface area contributed by atoms with Crippen LogP contribution in [0.1, 0.15) is 0 Å². The van der Waals surface area contributed by atoms with Crippen molar-refractivity contribution in [3.05, 3.63) is 0 Å². The van der Waals surface area contributed by atoms with E-state index in [1.165, 1.54) is 5.32 Å². The maximum Gasteiger partial charge on any atom is 0.422 e. The summed E-state index contributed by atoms with van der Waals surface area (Å²) < 4.78 is 74.0. The Kier molecular flexibility index (Phi) is 5.90. The molecule has 0 rings (SSSR count). The number of halogens is 6. The van der Waals surface area contributed by atoms with Crippen LogP contribution in [-0.2, 0) is 9.53 Å². The van der Waals surface area contributed by atoms with Gasteiger partial charge in [0.25, 0.3) is 0 Å². The Morgan fingerprint density at radius 3 is 2.05 bits per heavy atom. The molecule has 0 heterocycles. The molecule has 11 heteroatoms. The number of carbonyl (C=O) groups excluding carboxylic acids is 2. The number of ether oxygens (including phenoxy) is 1. The van der Waals surface area contributed by atoms with Crippen LogP contribution in [0.4, 0.5) is 31.1 Å². The first-order valence-electron chi connectivity index (χ1n) is 4.69. The SMILES string of the molecule is CN(CC(=O)NCC(F)(F)F)C(=O)OCC(F)(F)F. The number of likely N-dealkylation sites (N-methyl/N-ethyl adjacent to an activating group) is 1. The van der Waals surface area contributed by atoms with Gasteiger partial charge in [-0.3, -0.25) is 4.79 Å². The van der Waals surface area contributed by atoms with Crippen LogP contribution in [0.5, 0.6) is 0 Å². The highest BCUT2D eigenvalue weighted by molar-refractivity contribution is 5.82. The number of nitrogens with zero attached hydrogens (tertiary/aromatic N) is 1. The van der Waals surface area contributed by atoms with E-state index in [0.717, 1.165) is 7.05 Å². The van der Waals surface area contributed by atoms with E-state index in [4.69, 9.17) is 0 Å². The predicted molar refractivity (Wildman–Crippen MR) is 49.1 cm³/mol. The fraction of sp³-hybridized carbons (Fsp3) is 0.750. The molecule has 0 unspecified atom stereocenters. The van der Waals surface area contributed by atoms with Gasteiger partial charge in [-0.2, -0.15) is 26.3 Å². The summed E-state index contributed by atoms with van der Waals surface area (Å²) in [4.78, 5) is 22.3. The van der Waals surface area contributed by atoms with Crippen molar-refractivity contribution >= 4 is 12.0 Å². The topological polar surface area (TPSA) is 58.6 Å². The molecular formula is C8H10F6N2O3. The van der Waals surface area contributed by atoms with Crippen molar-refractivity contribution < 1.29 is 40.7 Å². The molecule has 0 aliphatic carbocycles. The van der Waals surface area contributed by atoms with Crippen molar-refractivity contribution in [1.82, 2.24) is 10.2 Å². The van der Waals surface area contributed by atoms with Crippen LogP contribution in [0.2, 0.25) is 0 Å². The number of nitrogens with one attached hydrogen (secondary N) is 1. The van der Waals surface area contributed by atoms with Crippen LogP contribution in [0.15, 0.2) is 0 Å². The van der Waals surface area contributed by atoms with Gasteiger partial charge in [-0.25, -0.2) is 4.79 Å². The summed E-state index contributed by atoms with van der Waals surface area (Å²) in [7, 11) is 0.909. The fourth-order valence-electron chi connectivity index (χ4n) is 0.788. The largest absolute Gasteiger partial charge is 0.440 e. The Morgan fingerprint density at radius 1 is 1.11 bits per heavy atom. The molecule has 0 aromatic rings. The molecule has 1 N–H and O–H groups in total. The van der Waals surface area contributed by atoms with Crippen molar-refractivity contribution in [3.63, 3.8) is 0 Å². The highest BCUT2D eigenvalue weighted by Crippen LogP contribution is 2.15. The van der Waals surface area contributed by atoms with E-state index in [1.54, 1.807) is 0 Å². The normalized spacial score (nSPS) is 11.9. The van der Waals surface area contributed by atoms with Gasteiger partial charge in [0.15, 0.2) is 6.61 Å². The zero-order valence-corrected chi connectivity index (χ0v) is 9.56. The lowest BCUT2D eigenvalue weighted by molar-refractivity contribution is -0.162. The van der Waals surface area contributed by atoms with Gasteiger partial charge >= 0.3 is 18.4 Å². The maximum atomic E-state index is 11.7. The first-order chi connectivity index (χ1) is 8.41. The Labute approximate surface area is 103 Å². The Bertz CT molecular complexity index is 327. The molecule has 0 atom stereocenters. The first-order valence-corrected chi connectivity index (χ1v) is 4.69. The summed E-state index contributed by atoms with van der Waals surface area (Å²) in [6.45, 7) is -4.30. The van der Waals surface area contributed by atoms with Gasteiger partial charge < -0.3 is 15.0 Å². The third kappa shape index (κ3) is 9.97. The number of alkyl halides is 6. The molecule has 19 heavy (non-hydrogen) atoms. The van der Waals surface area contributed by atoms with Crippen LogP contribution in [0.3, 0.4) is 0 Å². The minimum absolute atomic E-state index is 0.414. The number of hydrogen-bond donors (Lipinski definition) is 1. The van der Waals surface area contributed by atoms with Gasteiger partial charge in [0.2, 0.25) is 5.91 Å². The van der Waals surface area contributed by atoms with E-state index in [2.05, 4.69) is 4.74 Å². The van der Waals surface area contributed by atoms with Crippen molar-refractivity contribution in [2.75, 3.05) is 26.7 Å². The van der Waals surface area contributed by atoms with E-state index in [9.17, 15) is 35.9 Å². The van der Waals surface area contributed by atoms with Gasteiger partial charge in [0, 0.05) is 7.05 Å². The molecule has 0 saturated carbocycles. The zero-order valence-electron chi connectivity index (χ0n) is 9.56. The average molecular weight is 296 g/mol. The van der Waals surface area contributed by atoms with Crippen LogP contribution in [-0.4, -0.2) is 56.0 Å². The number of amides is 2. The smallest absolute Gasteiger partial charge is 0.422 e. The van der Waals surface area contributed by atoms with Crippen LogP contribution < -0.4 is 5.32 Å².